The van der Waals surface area contributed by atoms with Crippen LogP contribution < -0.4 is 5.32 Å². The largest absolute Gasteiger partial charge is 0.394 e. The van der Waals surface area contributed by atoms with E-state index in [1.165, 1.54) is 19.3 Å². The number of hydrogen-bond acceptors (Lipinski definition) is 4. The summed E-state index contributed by atoms with van der Waals surface area (Å²) < 4.78 is 0. The fraction of sp³-hybridized carbons (Fsp3) is 0.714. The van der Waals surface area contributed by atoms with Gasteiger partial charge in [-0.05, 0) is 18.8 Å². The summed E-state index contributed by atoms with van der Waals surface area (Å²) in [6, 6.07) is 2.00. The van der Waals surface area contributed by atoms with Gasteiger partial charge in [0.1, 0.15) is 12.1 Å². The third-order valence-electron chi connectivity index (χ3n) is 3.79. The lowest BCUT2D eigenvalue weighted by Crippen LogP contribution is -2.44. The van der Waals surface area contributed by atoms with Crippen molar-refractivity contribution in [2.75, 3.05) is 11.9 Å². The van der Waals surface area contributed by atoms with Gasteiger partial charge in [0, 0.05) is 11.8 Å². The summed E-state index contributed by atoms with van der Waals surface area (Å²) in [4.78, 5) is 8.54. The van der Waals surface area contributed by atoms with Gasteiger partial charge < -0.3 is 10.4 Å². The van der Waals surface area contributed by atoms with Gasteiger partial charge in [0.05, 0.1) is 12.1 Å². The fourth-order valence-electron chi connectivity index (χ4n) is 2.58. The molecule has 0 unspecified atom stereocenters. The molecule has 4 heteroatoms. The van der Waals surface area contributed by atoms with E-state index < -0.39 is 0 Å². The third-order valence-corrected chi connectivity index (χ3v) is 3.79. The predicted molar refractivity (Wildman–Crippen MR) is 72.6 cm³/mol. The first-order valence-corrected chi connectivity index (χ1v) is 6.86. The van der Waals surface area contributed by atoms with Crippen LogP contribution in [0.4, 0.5) is 5.82 Å². The SMILES string of the molecule is CC(C)c1cc(NC2(CO)CCCCC2)ncn1. The van der Waals surface area contributed by atoms with Gasteiger partial charge in [0.25, 0.3) is 0 Å². The Labute approximate surface area is 109 Å². The van der Waals surface area contributed by atoms with E-state index in [1.54, 1.807) is 6.33 Å². The summed E-state index contributed by atoms with van der Waals surface area (Å²) in [6.07, 6.45) is 7.26. The van der Waals surface area contributed by atoms with Crippen molar-refractivity contribution >= 4 is 5.82 Å². The van der Waals surface area contributed by atoms with Gasteiger partial charge in [-0.25, -0.2) is 9.97 Å². The zero-order valence-corrected chi connectivity index (χ0v) is 11.3. The predicted octanol–water partition coefficient (Wildman–Crippen LogP) is 2.71. The Kier molecular flexibility index (Phi) is 4.17. The zero-order chi connectivity index (χ0) is 13.0. The summed E-state index contributed by atoms with van der Waals surface area (Å²) >= 11 is 0. The highest BCUT2D eigenvalue weighted by Gasteiger charge is 2.31. The van der Waals surface area contributed by atoms with Crippen LogP contribution >= 0.6 is 0 Å². The van der Waals surface area contributed by atoms with Crippen molar-refractivity contribution < 1.29 is 5.11 Å². The van der Waals surface area contributed by atoms with Crippen molar-refractivity contribution in [2.24, 2.45) is 0 Å². The molecule has 4 nitrogen and oxygen atoms in total. The minimum atomic E-state index is -0.180. The lowest BCUT2D eigenvalue weighted by molar-refractivity contribution is 0.172. The van der Waals surface area contributed by atoms with E-state index in [0.717, 1.165) is 24.4 Å². The lowest BCUT2D eigenvalue weighted by Gasteiger charge is -2.37. The number of nitrogens with one attached hydrogen (secondary N) is 1. The molecule has 0 saturated heterocycles. The maximum Gasteiger partial charge on any atom is 0.130 e. The van der Waals surface area contributed by atoms with Crippen LogP contribution in [0.2, 0.25) is 0 Å². The Hall–Kier alpha value is -1.16. The van der Waals surface area contributed by atoms with Crippen LogP contribution in [-0.2, 0) is 0 Å². The number of hydrogen-bond donors (Lipinski definition) is 2. The molecule has 0 amide bonds. The molecule has 0 bridgehead atoms. The molecule has 1 aromatic rings. The molecule has 1 aliphatic rings. The van der Waals surface area contributed by atoms with Gasteiger partial charge in [0.2, 0.25) is 0 Å². The van der Waals surface area contributed by atoms with Crippen molar-refractivity contribution in [3.05, 3.63) is 18.1 Å². The Morgan fingerprint density at radius 1 is 1.28 bits per heavy atom. The molecule has 2 rings (SSSR count). The van der Waals surface area contributed by atoms with Crippen LogP contribution in [0.1, 0.15) is 57.6 Å². The minimum Gasteiger partial charge on any atom is -0.394 e. The second-order valence-electron chi connectivity index (χ2n) is 5.61. The number of nitrogens with zero attached hydrogens (tertiary/aromatic N) is 2. The first-order chi connectivity index (χ1) is 8.65. The molecule has 1 fully saturated rings. The first-order valence-electron chi connectivity index (χ1n) is 6.86. The Morgan fingerprint density at radius 2 is 2.00 bits per heavy atom. The monoisotopic (exact) mass is 249 g/mol. The molecule has 0 aliphatic heterocycles. The van der Waals surface area contributed by atoms with Crippen molar-refractivity contribution in [3.8, 4) is 0 Å². The van der Waals surface area contributed by atoms with Crippen molar-refractivity contribution in [2.45, 2.75) is 57.4 Å². The third kappa shape index (κ3) is 2.99. The number of aliphatic hydroxyl groups is 1. The second-order valence-corrected chi connectivity index (χ2v) is 5.61. The van der Waals surface area contributed by atoms with Gasteiger partial charge >= 0.3 is 0 Å². The molecule has 0 atom stereocenters. The number of aliphatic hydroxyl groups excluding tert-OH is 1. The highest BCUT2D eigenvalue weighted by atomic mass is 16.3. The standard InChI is InChI=1S/C14H23N3O/c1-11(2)12-8-13(16-10-15-12)17-14(9-18)6-4-3-5-7-14/h8,10-11,18H,3-7,9H2,1-2H3,(H,15,16,17). The molecule has 1 aliphatic carbocycles. The highest BCUT2D eigenvalue weighted by molar-refractivity contribution is 5.39. The van der Waals surface area contributed by atoms with Crippen LogP contribution in [0.15, 0.2) is 12.4 Å². The first kappa shape index (κ1) is 13.3. The van der Waals surface area contributed by atoms with E-state index in [0.29, 0.717) is 5.92 Å². The van der Waals surface area contributed by atoms with Gasteiger partial charge in [0.15, 0.2) is 0 Å². The Balaban J connectivity index is 2.13. The van der Waals surface area contributed by atoms with Crippen LogP contribution in [0.25, 0.3) is 0 Å². The average molecular weight is 249 g/mol. The molecule has 1 saturated carbocycles. The van der Waals surface area contributed by atoms with Crippen LogP contribution in [-0.4, -0.2) is 27.2 Å². The van der Waals surface area contributed by atoms with E-state index in [4.69, 9.17) is 0 Å². The molecular formula is C14H23N3O. The fourth-order valence-corrected chi connectivity index (χ4v) is 2.58. The molecule has 0 radical (unpaired) electrons. The molecule has 18 heavy (non-hydrogen) atoms. The van der Waals surface area contributed by atoms with Crippen LogP contribution in [0, 0.1) is 0 Å². The van der Waals surface area contributed by atoms with E-state index in [2.05, 4.69) is 29.1 Å². The number of anilines is 1. The molecule has 1 aromatic heterocycles. The van der Waals surface area contributed by atoms with E-state index in [9.17, 15) is 5.11 Å². The average Bonchev–Trinajstić information content (AvgIpc) is 2.40. The Morgan fingerprint density at radius 3 is 2.61 bits per heavy atom. The second kappa shape index (κ2) is 5.65. The normalized spacial score (nSPS) is 18.9. The van der Waals surface area contributed by atoms with Crippen molar-refractivity contribution in [3.63, 3.8) is 0 Å². The van der Waals surface area contributed by atoms with Crippen LogP contribution in [0.5, 0.6) is 0 Å². The van der Waals surface area contributed by atoms with Crippen LogP contribution in [0.3, 0.4) is 0 Å². The Bertz CT molecular complexity index is 386. The van der Waals surface area contributed by atoms with Gasteiger partial charge in [-0.2, -0.15) is 0 Å². The molecule has 0 aromatic carbocycles. The summed E-state index contributed by atoms with van der Waals surface area (Å²) in [6.45, 7) is 4.41. The minimum absolute atomic E-state index is 0.175. The molecule has 0 spiro atoms. The topological polar surface area (TPSA) is 58.0 Å². The summed E-state index contributed by atoms with van der Waals surface area (Å²) in [5.41, 5.74) is 0.859. The zero-order valence-electron chi connectivity index (χ0n) is 11.3. The molecule has 2 N–H and O–H groups in total. The maximum absolute atomic E-state index is 9.68. The summed E-state index contributed by atoms with van der Waals surface area (Å²) in [7, 11) is 0. The summed E-state index contributed by atoms with van der Waals surface area (Å²) in [5, 5.41) is 13.1. The van der Waals surface area contributed by atoms with E-state index >= 15 is 0 Å². The van der Waals surface area contributed by atoms with Gasteiger partial charge in [-0.15, -0.1) is 0 Å². The molecular weight excluding hydrogens is 226 g/mol. The van der Waals surface area contributed by atoms with Crippen molar-refractivity contribution in [1.29, 1.82) is 0 Å². The smallest absolute Gasteiger partial charge is 0.130 e. The van der Waals surface area contributed by atoms with E-state index in [-0.39, 0.29) is 12.1 Å². The number of rotatable bonds is 4. The quantitative estimate of drug-likeness (QED) is 0.861. The maximum atomic E-state index is 9.68. The lowest BCUT2D eigenvalue weighted by atomic mass is 9.82. The van der Waals surface area contributed by atoms with Gasteiger partial charge in [-0.1, -0.05) is 33.1 Å². The molecule has 1 heterocycles. The number of aromatic nitrogens is 2. The van der Waals surface area contributed by atoms with E-state index in [1.807, 2.05) is 6.07 Å². The molecule has 100 valence electrons. The summed E-state index contributed by atoms with van der Waals surface area (Å²) in [5.74, 6) is 1.23. The highest BCUT2D eigenvalue weighted by Crippen LogP contribution is 2.31. The van der Waals surface area contributed by atoms with Crippen molar-refractivity contribution in [1.82, 2.24) is 9.97 Å². The van der Waals surface area contributed by atoms with Gasteiger partial charge in [-0.3, -0.25) is 0 Å².